The zero-order valence-corrected chi connectivity index (χ0v) is 27.6. The third kappa shape index (κ3) is 8.04. The van der Waals surface area contributed by atoms with Crippen LogP contribution in [0.2, 0.25) is 10.0 Å². The number of esters is 2. The Morgan fingerprint density at radius 2 is 1.87 bits per heavy atom. The van der Waals surface area contributed by atoms with Crippen LogP contribution in [0.1, 0.15) is 53.9 Å². The van der Waals surface area contributed by atoms with Crippen molar-refractivity contribution in [1.82, 2.24) is 15.1 Å². The minimum atomic E-state index is -1.14. The Labute approximate surface area is 280 Å². The Morgan fingerprint density at radius 1 is 1.11 bits per heavy atom. The van der Waals surface area contributed by atoms with E-state index in [1.54, 1.807) is 69.6 Å². The van der Waals surface area contributed by atoms with Gasteiger partial charge in [-0.15, -0.1) is 0 Å². The van der Waals surface area contributed by atoms with Crippen LogP contribution in [-0.4, -0.2) is 53.0 Å². The summed E-state index contributed by atoms with van der Waals surface area (Å²) in [4.78, 5) is 38.1. The molecule has 13 heteroatoms. The molecule has 4 aromatic rings. The third-order valence-electron chi connectivity index (χ3n) is 7.09. The molecule has 0 saturated carbocycles. The minimum absolute atomic E-state index is 0.00331. The first-order valence-electron chi connectivity index (χ1n) is 14.6. The fraction of sp³-hybridized carbons (Fsp3) is 0.294. The number of hydrogen-bond donors (Lipinski definition) is 1. The highest BCUT2D eigenvalue weighted by molar-refractivity contribution is 6.32. The number of hydrogen-bond acceptors (Lipinski definition) is 8. The van der Waals surface area contributed by atoms with Crippen LogP contribution in [0.5, 0.6) is 11.5 Å². The van der Waals surface area contributed by atoms with Crippen molar-refractivity contribution >= 4 is 41.0 Å². The van der Waals surface area contributed by atoms with Crippen LogP contribution >= 0.6 is 23.2 Å². The van der Waals surface area contributed by atoms with E-state index < -0.39 is 35.3 Å². The maximum absolute atomic E-state index is 15.1. The Hall–Kier alpha value is -4.61. The van der Waals surface area contributed by atoms with Gasteiger partial charge in [0, 0.05) is 44.1 Å². The van der Waals surface area contributed by atoms with E-state index in [-0.39, 0.29) is 42.5 Å². The van der Waals surface area contributed by atoms with Gasteiger partial charge in [0.15, 0.2) is 12.6 Å². The number of rotatable bonds is 9. The summed E-state index contributed by atoms with van der Waals surface area (Å²) in [6, 6.07) is 11.7. The molecule has 0 radical (unpaired) electrons. The van der Waals surface area contributed by atoms with Gasteiger partial charge < -0.3 is 24.3 Å². The summed E-state index contributed by atoms with van der Waals surface area (Å²) in [6.07, 6.45) is 3.20. The molecule has 1 unspecified atom stereocenters. The van der Waals surface area contributed by atoms with E-state index in [1.165, 1.54) is 10.7 Å². The van der Waals surface area contributed by atoms with Gasteiger partial charge in [0.2, 0.25) is 0 Å². The van der Waals surface area contributed by atoms with Crippen molar-refractivity contribution in [3.05, 3.63) is 99.0 Å². The molecule has 1 aromatic heterocycles. The highest BCUT2D eigenvalue weighted by Crippen LogP contribution is 2.38. The molecule has 1 aliphatic heterocycles. The number of carbonyl (C=O) groups excluding carboxylic acids is 3. The molecule has 1 aliphatic rings. The van der Waals surface area contributed by atoms with Gasteiger partial charge in [-0.25, -0.2) is 14.0 Å². The smallest absolute Gasteiger partial charge is 0.338 e. The molecule has 1 atom stereocenters. The van der Waals surface area contributed by atoms with E-state index in [0.717, 1.165) is 11.6 Å². The SMILES string of the molecule is Cc1c(Cl)cccc1OCCOC(=O)C1NC(=O)COc2c(-c3cnn(Cc4c(F)cc(C(=O)OC(C)(C)C)cc4Cl)c3)cccc21. The van der Waals surface area contributed by atoms with Crippen LogP contribution in [0.25, 0.3) is 11.1 Å². The summed E-state index contributed by atoms with van der Waals surface area (Å²) in [5, 5.41) is 7.61. The van der Waals surface area contributed by atoms with Crippen LogP contribution < -0.4 is 14.8 Å². The molecule has 246 valence electrons. The number of halogens is 3. The summed E-state index contributed by atoms with van der Waals surface area (Å²) >= 11 is 12.5. The van der Waals surface area contributed by atoms with E-state index in [9.17, 15) is 14.4 Å². The summed E-state index contributed by atoms with van der Waals surface area (Å²) in [5.74, 6) is -1.70. The van der Waals surface area contributed by atoms with Crippen LogP contribution in [0, 0.1) is 12.7 Å². The summed E-state index contributed by atoms with van der Waals surface area (Å²) in [6.45, 7) is 6.59. The molecule has 47 heavy (non-hydrogen) atoms. The van der Waals surface area contributed by atoms with E-state index in [2.05, 4.69) is 10.4 Å². The number of ether oxygens (including phenoxy) is 4. The number of benzene rings is 3. The lowest BCUT2D eigenvalue weighted by Crippen LogP contribution is -2.35. The van der Waals surface area contributed by atoms with Gasteiger partial charge in [-0.1, -0.05) is 47.5 Å². The molecule has 2 heterocycles. The van der Waals surface area contributed by atoms with Gasteiger partial charge >= 0.3 is 11.9 Å². The molecule has 0 aliphatic carbocycles. The number of amides is 1. The van der Waals surface area contributed by atoms with Gasteiger partial charge in [-0.2, -0.15) is 5.10 Å². The van der Waals surface area contributed by atoms with Gasteiger partial charge in [0.05, 0.1) is 18.3 Å². The molecule has 1 amide bonds. The summed E-state index contributed by atoms with van der Waals surface area (Å²) < 4.78 is 38.9. The van der Waals surface area contributed by atoms with Crippen molar-refractivity contribution in [3.8, 4) is 22.6 Å². The fourth-order valence-corrected chi connectivity index (χ4v) is 5.29. The number of aromatic nitrogens is 2. The molecular formula is C34H32Cl2FN3O7. The monoisotopic (exact) mass is 683 g/mol. The first-order valence-corrected chi connectivity index (χ1v) is 15.4. The second kappa shape index (κ2) is 14.0. The van der Waals surface area contributed by atoms with E-state index in [4.69, 9.17) is 42.1 Å². The van der Waals surface area contributed by atoms with Crippen LogP contribution in [-0.2, 0) is 25.6 Å². The lowest BCUT2D eigenvalue weighted by Gasteiger charge is -2.20. The first-order chi connectivity index (χ1) is 22.3. The Balaban J connectivity index is 1.32. The van der Waals surface area contributed by atoms with Crippen LogP contribution in [0.4, 0.5) is 4.39 Å². The van der Waals surface area contributed by atoms with E-state index in [0.29, 0.717) is 33.2 Å². The zero-order valence-electron chi connectivity index (χ0n) is 26.1. The Bertz CT molecular complexity index is 1810. The zero-order chi connectivity index (χ0) is 33.9. The average molecular weight is 685 g/mol. The maximum atomic E-state index is 15.1. The minimum Gasteiger partial charge on any atom is -0.490 e. The van der Waals surface area contributed by atoms with Crippen molar-refractivity contribution in [2.45, 2.75) is 45.9 Å². The van der Waals surface area contributed by atoms with Gasteiger partial charge in [-0.3, -0.25) is 9.48 Å². The summed E-state index contributed by atoms with van der Waals surface area (Å²) in [7, 11) is 0. The Morgan fingerprint density at radius 3 is 2.62 bits per heavy atom. The van der Waals surface area contributed by atoms with Crippen LogP contribution in [0.3, 0.4) is 0 Å². The Kier molecular flexibility index (Phi) is 10.1. The number of para-hydroxylation sites is 1. The molecule has 0 bridgehead atoms. The molecule has 0 fully saturated rings. The third-order valence-corrected chi connectivity index (χ3v) is 7.84. The molecule has 5 rings (SSSR count). The molecule has 0 saturated heterocycles. The normalized spacial score (nSPS) is 14.4. The second-order valence-corrected chi connectivity index (χ2v) is 12.6. The van der Waals surface area contributed by atoms with E-state index >= 15 is 4.39 Å². The van der Waals surface area contributed by atoms with Crippen molar-refractivity contribution in [3.63, 3.8) is 0 Å². The number of nitrogens with zero attached hydrogens (tertiary/aromatic N) is 2. The maximum Gasteiger partial charge on any atom is 0.338 e. The molecular weight excluding hydrogens is 652 g/mol. The van der Waals surface area contributed by atoms with Crippen molar-refractivity contribution in [1.29, 1.82) is 0 Å². The van der Waals surface area contributed by atoms with E-state index in [1.807, 2.05) is 6.92 Å². The van der Waals surface area contributed by atoms with Crippen molar-refractivity contribution in [2.75, 3.05) is 19.8 Å². The largest absolute Gasteiger partial charge is 0.490 e. The predicted molar refractivity (Wildman–Crippen MR) is 172 cm³/mol. The van der Waals surface area contributed by atoms with Crippen LogP contribution in [0.15, 0.2) is 60.9 Å². The number of carbonyl (C=O) groups is 3. The van der Waals surface area contributed by atoms with Gasteiger partial charge in [-0.05, 0) is 52.0 Å². The van der Waals surface area contributed by atoms with Crippen molar-refractivity contribution in [2.24, 2.45) is 0 Å². The molecule has 10 nitrogen and oxygen atoms in total. The fourth-order valence-electron chi connectivity index (χ4n) is 4.86. The highest BCUT2D eigenvalue weighted by Gasteiger charge is 2.32. The molecule has 3 aromatic carbocycles. The van der Waals surface area contributed by atoms with Gasteiger partial charge in [0.25, 0.3) is 5.91 Å². The van der Waals surface area contributed by atoms with Gasteiger partial charge in [0.1, 0.15) is 36.1 Å². The topological polar surface area (TPSA) is 118 Å². The quantitative estimate of drug-likeness (QED) is 0.157. The average Bonchev–Trinajstić information content (AvgIpc) is 3.40. The molecule has 1 N–H and O–H groups in total. The van der Waals surface area contributed by atoms with Crippen molar-refractivity contribution < 1.29 is 37.7 Å². The second-order valence-electron chi connectivity index (χ2n) is 11.7. The number of nitrogens with one attached hydrogen (secondary N) is 1. The predicted octanol–water partition coefficient (Wildman–Crippen LogP) is 6.48. The molecule has 0 spiro atoms. The summed E-state index contributed by atoms with van der Waals surface area (Å²) in [5.41, 5.74) is 1.66. The standard InChI is InChI=1S/C34H32Cl2FN3O7/c1-19-25(35)9-6-10-28(19)44-11-12-45-33(43)30-23-8-5-7-22(31(23)46-18-29(41)39-30)21-15-38-40(16-21)17-24-26(36)13-20(14-27(24)37)32(42)47-34(2,3)4/h5-10,13-16,30H,11-12,17-18H2,1-4H3,(H,39,41). The highest BCUT2D eigenvalue weighted by atomic mass is 35.5. The lowest BCUT2D eigenvalue weighted by molar-refractivity contribution is -0.148. The lowest BCUT2D eigenvalue weighted by atomic mass is 9.99. The first kappa shape index (κ1) is 33.7. The number of fused-ring (bicyclic) bond motifs is 1.